The van der Waals surface area contributed by atoms with Crippen LogP contribution in [-0.2, 0) is 4.79 Å². The highest BCUT2D eigenvalue weighted by Gasteiger charge is 2.44. The number of carboxylic acids is 1. The first kappa shape index (κ1) is 8.78. The van der Waals surface area contributed by atoms with E-state index in [1.54, 1.807) is 0 Å². The van der Waals surface area contributed by atoms with E-state index in [0.29, 0.717) is 5.92 Å². The lowest BCUT2D eigenvalue weighted by Crippen LogP contribution is -2.20. The molecule has 2 atom stereocenters. The van der Waals surface area contributed by atoms with Gasteiger partial charge in [-0.05, 0) is 12.3 Å². The first-order chi connectivity index (χ1) is 4.90. The predicted molar refractivity (Wildman–Crippen MR) is 47.4 cm³/mol. The van der Waals surface area contributed by atoms with Crippen molar-refractivity contribution in [2.24, 2.45) is 11.8 Å². The number of hydrogen-bond acceptors (Lipinski definition) is 1. The Morgan fingerprint density at radius 1 is 1.55 bits per heavy atom. The fraction of sp³-hybridized carbons (Fsp3) is 0.875. The maximum absolute atomic E-state index is 10.5. The molecule has 0 spiro atoms. The van der Waals surface area contributed by atoms with E-state index in [2.05, 4.69) is 19.6 Å². The Kier molecular flexibility index (Phi) is 2.10. The molecule has 1 N–H and O–H groups in total. The fourth-order valence-corrected chi connectivity index (χ4v) is 3.59. The summed E-state index contributed by atoms with van der Waals surface area (Å²) in [7, 11) is -1.01. The Hall–Kier alpha value is -0.313. The van der Waals surface area contributed by atoms with Crippen LogP contribution in [0.3, 0.4) is 0 Å². The Morgan fingerprint density at radius 3 is 2.36 bits per heavy atom. The molecule has 1 fully saturated rings. The van der Waals surface area contributed by atoms with Crippen molar-refractivity contribution in [1.29, 1.82) is 0 Å². The van der Waals surface area contributed by atoms with Crippen LogP contribution in [0.4, 0.5) is 0 Å². The second-order valence-electron chi connectivity index (χ2n) is 4.71. The number of hydrogen-bond donors (Lipinski definition) is 1. The SMILES string of the molecule is C[Si](C)(C)C[C@H]1C[C@@H]1C(=O)O. The molecule has 1 rings (SSSR count). The maximum atomic E-state index is 10.5. The molecule has 1 aliphatic carbocycles. The first-order valence-electron chi connectivity index (χ1n) is 4.13. The van der Waals surface area contributed by atoms with E-state index in [4.69, 9.17) is 5.11 Å². The Bertz CT molecular complexity index is 171. The van der Waals surface area contributed by atoms with Gasteiger partial charge in [-0.1, -0.05) is 25.7 Å². The molecule has 0 aromatic rings. The van der Waals surface area contributed by atoms with Crippen LogP contribution in [0.2, 0.25) is 25.7 Å². The summed E-state index contributed by atoms with van der Waals surface area (Å²) in [5.41, 5.74) is 0. The molecule has 0 aliphatic heterocycles. The van der Waals surface area contributed by atoms with Gasteiger partial charge >= 0.3 is 5.97 Å². The van der Waals surface area contributed by atoms with Gasteiger partial charge in [0.05, 0.1) is 5.92 Å². The third kappa shape index (κ3) is 2.65. The molecule has 11 heavy (non-hydrogen) atoms. The molecule has 1 saturated carbocycles. The smallest absolute Gasteiger partial charge is 0.306 e. The van der Waals surface area contributed by atoms with Crippen LogP contribution in [0.1, 0.15) is 6.42 Å². The molecule has 0 aromatic carbocycles. The van der Waals surface area contributed by atoms with Gasteiger partial charge in [-0.2, -0.15) is 0 Å². The molecular formula is C8H16O2Si. The minimum Gasteiger partial charge on any atom is -0.481 e. The zero-order valence-corrected chi connectivity index (χ0v) is 8.42. The number of carboxylic acid groups (broad SMARTS) is 1. The molecule has 0 bridgehead atoms. The van der Waals surface area contributed by atoms with Gasteiger partial charge in [0.2, 0.25) is 0 Å². The second kappa shape index (κ2) is 2.63. The van der Waals surface area contributed by atoms with Gasteiger partial charge in [0.1, 0.15) is 0 Å². The summed E-state index contributed by atoms with van der Waals surface area (Å²) in [5.74, 6) is -0.0749. The maximum Gasteiger partial charge on any atom is 0.306 e. The van der Waals surface area contributed by atoms with Crippen LogP contribution in [0.25, 0.3) is 0 Å². The van der Waals surface area contributed by atoms with Gasteiger partial charge in [0.25, 0.3) is 0 Å². The normalized spacial score (nSPS) is 30.1. The molecular weight excluding hydrogens is 156 g/mol. The molecule has 3 heteroatoms. The van der Waals surface area contributed by atoms with Crippen LogP contribution in [-0.4, -0.2) is 19.1 Å². The van der Waals surface area contributed by atoms with Gasteiger partial charge < -0.3 is 5.11 Å². The molecule has 64 valence electrons. The molecule has 0 heterocycles. The van der Waals surface area contributed by atoms with Crippen molar-refractivity contribution in [2.45, 2.75) is 32.1 Å². The van der Waals surface area contributed by atoms with Crippen molar-refractivity contribution < 1.29 is 9.90 Å². The van der Waals surface area contributed by atoms with Crippen molar-refractivity contribution in [3.63, 3.8) is 0 Å². The van der Waals surface area contributed by atoms with E-state index >= 15 is 0 Å². The van der Waals surface area contributed by atoms with Crippen molar-refractivity contribution in [3.05, 3.63) is 0 Å². The number of carbonyl (C=O) groups is 1. The molecule has 2 nitrogen and oxygen atoms in total. The summed E-state index contributed by atoms with van der Waals surface area (Å²) in [4.78, 5) is 10.5. The highest BCUT2D eigenvalue weighted by atomic mass is 28.3. The monoisotopic (exact) mass is 172 g/mol. The highest BCUT2D eigenvalue weighted by Crippen LogP contribution is 2.44. The lowest BCUT2D eigenvalue weighted by atomic mass is 10.3. The van der Waals surface area contributed by atoms with Gasteiger partial charge in [0.15, 0.2) is 0 Å². The summed E-state index contributed by atoms with van der Waals surface area (Å²) in [6.07, 6.45) is 0.930. The number of aliphatic carboxylic acids is 1. The molecule has 1 aliphatic rings. The molecule has 0 radical (unpaired) electrons. The topological polar surface area (TPSA) is 37.3 Å². The molecule has 0 unspecified atom stereocenters. The highest BCUT2D eigenvalue weighted by molar-refractivity contribution is 6.76. The summed E-state index contributed by atoms with van der Waals surface area (Å²) >= 11 is 0. The lowest BCUT2D eigenvalue weighted by molar-refractivity contribution is -0.138. The third-order valence-electron chi connectivity index (χ3n) is 2.11. The molecule has 0 saturated heterocycles. The summed E-state index contributed by atoms with van der Waals surface area (Å²) < 4.78 is 0. The quantitative estimate of drug-likeness (QED) is 0.661. The van der Waals surface area contributed by atoms with E-state index in [9.17, 15) is 4.79 Å². The summed E-state index contributed by atoms with van der Waals surface area (Å²) in [6, 6.07) is 1.18. The van der Waals surface area contributed by atoms with E-state index in [0.717, 1.165) is 6.42 Å². The predicted octanol–water partition coefficient (Wildman–Crippen LogP) is 2.05. The lowest BCUT2D eigenvalue weighted by Gasteiger charge is -2.14. The van der Waals surface area contributed by atoms with Crippen molar-refractivity contribution in [1.82, 2.24) is 0 Å². The van der Waals surface area contributed by atoms with Crippen LogP contribution < -0.4 is 0 Å². The van der Waals surface area contributed by atoms with E-state index in [-0.39, 0.29) is 5.92 Å². The van der Waals surface area contributed by atoms with E-state index < -0.39 is 14.0 Å². The minimum atomic E-state index is -1.01. The van der Waals surface area contributed by atoms with Crippen LogP contribution in [0, 0.1) is 11.8 Å². The Morgan fingerprint density at radius 2 is 2.09 bits per heavy atom. The molecule has 0 aromatic heterocycles. The van der Waals surface area contributed by atoms with Crippen molar-refractivity contribution in [2.75, 3.05) is 0 Å². The van der Waals surface area contributed by atoms with Crippen molar-refractivity contribution >= 4 is 14.0 Å². The minimum absolute atomic E-state index is 0.00160. The summed E-state index contributed by atoms with van der Waals surface area (Å²) in [5, 5.41) is 8.64. The van der Waals surface area contributed by atoms with Gasteiger partial charge in [-0.25, -0.2) is 0 Å². The largest absolute Gasteiger partial charge is 0.481 e. The van der Waals surface area contributed by atoms with Gasteiger partial charge in [-0.15, -0.1) is 0 Å². The second-order valence-corrected chi connectivity index (χ2v) is 10.2. The zero-order valence-electron chi connectivity index (χ0n) is 7.42. The summed E-state index contributed by atoms with van der Waals surface area (Å²) in [6.45, 7) is 6.89. The van der Waals surface area contributed by atoms with Crippen molar-refractivity contribution in [3.8, 4) is 0 Å². The Balaban J connectivity index is 2.29. The molecule has 0 amide bonds. The Labute approximate surface area is 68.6 Å². The number of rotatable bonds is 3. The third-order valence-corrected chi connectivity index (χ3v) is 3.86. The van der Waals surface area contributed by atoms with Gasteiger partial charge in [-0.3, -0.25) is 4.79 Å². The van der Waals surface area contributed by atoms with Gasteiger partial charge in [0, 0.05) is 8.07 Å². The zero-order chi connectivity index (χ0) is 8.65. The van der Waals surface area contributed by atoms with E-state index in [1.807, 2.05) is 0 Å². The van der Waals surface area contributed by atoms with E-state index in [1.165, 1.54) is 6.04 Å². The fourth-order valence-electron chi connectivity index (χ4n) is 1.56. The average Bonchev–Trinajstić information content (AvgIpc) is 2.40. The first-order valence-corrected chi connectivity index (χ1v) is 7.84. The van der Waals surface area contributed by atoms with Crippen LogP contribution in [0.15, 0.2) is 0 Å². The average molecular weight is 172 g/mol. The standard InChI is InChI=1S/C8H16O2Si/c1-11(2,3)5-6-4-7(6)8(9)10/h6-7H,4-5H2,1-3H3,(H,9,10)/t6-,7+/m1/s1. The van der Waals surface area contributed by atoms with Crippen LogP contribution >= 0.6 is 0 Å². The van der Waals surface area contributed by atoms with Crippen LogP contribution in [0.5, 0.6) is 0 Å².